The van der Waals surface area contributed by atoms with Gasteiger partial charge in [0.1, 0.15) is 0 Å². The van der Waals surface area contributed by atoms with Gasteiger partial charge in [0.2, 0.25) is 15.9 Å². The molecule has 1 aromatic rings. The average molecular weight is 368 g/mol. The molecule has 0 aromatic heterocycles. The Labute approximate surface area is 151 Å². The second-order valence-corrected chi connectivity index (χ2v) is 8.92. The zero-order valence-electron chi connectivity index (χ0n) is 15.5. The van der Waals surface area contributed by atoms with Crippen molar-refractivity contribution < 1.29 is 13.2 Å². The summed E-state index contributed by atoms with van der Waals surface area (Å²) in [4.78, 5) is 12.1. The van der Waals surface area contributed by atoms with Gasteiger partial charge < -0.3 is 10.6 Å². The maximum absolute atomic E-state index is 12.9. The van der Waals surface area contributed by atoms with E-state index in [1.54, 1.807) is 28.6 Å². The Kier molecular flexibility index (Phi) is 6.59. The minimum Gasteiger partial charge on any atom is -0.325 e. The summed E-state index contributed by atoms with van der Waals surface area (Å²) in [7, 11) is -3.52. The summed E-state index contributed by atoms with van der Waals surface area (Å²) < 4.78 is 27.5. The van der Waals surface area contributed by atoms with Crippen molar-refractivity contribution in [2.75, 3.05) is 11.9 Å². The third kappa shape index (κ3) is 5.03. The van der Waals surface area contributed by atoms with Crippen molar-refractivity contribution in [1.82, 2.24) is 9.62 Å². The second-order valence-electron chi connectivity index (χ2n) is 7.07. The van der Waals surface area contributed by atoms with Crippen LogP contribution >= 0.6 is 0 Å². The normalized spacial score (nSPS) is 22.1. The number of hydrogen-bond acceptors (Lipinski definition) is 4. The molecule has 0 bridgehead atoms. The van der Waals surface area contributed by atoms with E-state index in [-0.39, 0.29) is 35.5 Å². The first-order chi connectivity index (χ1) is 11.7. The van der Waals surface area contributed by atoms with E-state index < -0.39 is 10.0 Å². The summed E-state index contributed by atoms with van der Waals surface area (Å²) in [5, 5.41) is 5.80. The van der Waals surface area contributed by atoms with Gasteiger partial charge in [0.05, 0.1) is 11.4 Å². The lowest BCUT2D eigenvalue weighted by molar-refractivity contribution is -0.115. The van der Waals surface area contributed by atoms with E-state index in [2.05, 4.69) is 10.6 Å². The Morgan fingerprint density at radius 1 is 1.16 bits per heavy atom. The van der Waals surface area contributed by atoms with E-state index in [1.807, 2.05) is 27.7 Å². The van der Waals surface area contributed by atoms with Gasteiger partial charge in [-0.15, -0.1) is 0 Å². The van der Waals surface area contributed by atoms with Crippen LogP contribution in [-0.2, 0) is 14.8 Å². The maximum atomic E-state index is 12.9. The zero-order chi connectivity index (χ0) is 18.6. The molecule has 1 heterocycles. The molecule has 7 heteroatoms. The van der Waals surface area contributed by atoms with Crippen molar-refractivity contribution in [1.29, 1.82) is 0 Å². The smallest absolute Gasteiger partial charge is 0.243 e. The molecular weight excluding hydrogens is 338 g/mol. The van der Waals surface area contributed by atoms with Crippen molar-refractivity contribution in [3.05, 3.63) is 24.3 Å². The Bertz CT molecular complexity index is 676. The van der Waals surface area contributed by atoms with Gasteiger partial charge in [-0.25, -0.2) is 8.42 Å². The highest BCUT2D eigenvalue weighted by molar-refractivity contribution is 7.89. The van der Waals surface area contributed by atoms with E-state index in [0.29, 0.717) is 5.69 Å². The molecule has 0 spiro atoms. The number of anilines is 1. The standard InChI is InChI=1S/C18H29N3O3S/c1-13(2)19-12-18(22)20-16-8-10-17(11-9-16)25(23,24)21-14(3)6-5-7-15(21)4/h8-11,13-15,19H,5-7,12H2,1-4H3,(H,20,22)/t14-,15-/m0/s1. The summed E-state index contributed by atoms with van der Waals surface area (Å²) in [5.41, 5.74) is 0.592. The molecule has 140 valence electrons. The third-order valence-electron chi connectivity index (χ3n) is 4.50. The number of hydrogen-bond donors (Lipinski definition) is 2. The highest BCUT2D eigenvalue weighted by Crippen LogP contribution is 2.29. The molecule has 1 aliphatic heterocycles. The third-order valence-corrected chi connectivity index (χ3v) is 6.64. The summed E-state index contributed by atoms with van der Waals surface area (Å²) in [6.45, 7) is 8.08. The van der Waals surface area contributed by atoms with Crippen molar-refractivity contribution in [3.8, 4) is 0 Å². The Morgan fingerprint density at radius 3 is 2.24 bits per heavy atom. The Hall–Kier alpha value is -1.44. The maximum Gasteiger partial charge on any atom is 0.243 e. The number of nitrogens with zero attached hydrogens (tertiary/aromatic N) is 1. The summed E-state index contributed by atoms with van der Waals surface area (Å²) in [6.07, 6.45) is 2.84. The molecule has 0 saturated carbocycles. The van der Waals surface area contributed by atoms with Crippen LogP contribution in [0.1, 0.15) is 47.0 Å². The predicted octanol–water partition coefficient (Wildman–Crippen LogP) is 2.57. The predicted molar refractivity (Wildman–Crippen MR) is 100 cm³/mol. The molecule has 2 N–H and O–H groups in total. The first kappa shape index (κ1) is 19.9. The minimum absolute atomic E-state index is 0.00948. The average Bonchev–Trinajstić information content (AvgIpc) is 2.53. The Balaban J connectivity index is 2.09. The largest absolute Gasteiger partial charge is 0.325 e. The highest BCUT2D eigenvalue weighted by Gasteiger charge is 2.35. The van der Waals surface area contributed by atoms with Crippen LogP contribution in [0, 0.1) is 0 Å². The highest BCUT2D eigenvalue weighted by atomic mass is 32.2. The van der Waals surface area contributed by atoms with E-state index in [0.717, 1.165) is 19.3 Å². The van der Waals surface area contributed by atoms with Gasteiger partial charge in [0.15, 0.2) is 0 Å². The van der Waals surface area contributed by atoms with Crippen LogP contribution in [0.2, 0.25) is 0 Å². The number of sulfonamides is 1. The fourth-order valence-electron chi connectivity index (χ4n) is 3.21. The molecule has 1 saturated heterocycles. The fraction of sp³-hybridized carbons (Fsp3) is 0.611. The van der Waals surface area contributed by atoms with Crippen LogP contribution in [0.4, 0.5) is 5.69 Å². The zero-order valence-corrected chi connectivity index (χ0v) is 16.3. The van der Waals surface area contributed by atoms with Crippen LogP contribution < -0.4 is 10.6 Å². The van der Waals surface area contributed by atoms with Crippen LogP contribution in [0.15, 0.2) is 29.2 Å². The molecule has 1 amide bonds. The van der Waals surface area contributed by atoms with E-state index >= 15 is 0 Å². The molecule has 1 aromatic carbocycles. The lowest BCUT2D eigenvalue weighted by Gasteiger charge is -2.37. The van der Waals surface area contributed by atoms with Gasteiger partial charge in [-0.1, -0.05) is 20.3 Å². The molecule has 25 heavy (non-hydrogen) atoms. The van der Waals surface area contributed by atoms with Crippen molar-refractivity contribution in [2.45, 2.75) is 70.0 Å². The molecule has 0 aliphatic carbocycles. The van der Waals surface area contributed by atoms with Gasteiger partial charge in [-0.3, -0.25) is 4.79 Å². The van der Waals surface area contributed by atoms with Gasteiger partial charge >= 0.3 is 0 Å². The van der Waals surface area contributed by atoms with Crippen LogP contribution in [-0.4, -0.2) is 43.3 Å². The number of nitrogens with one attached hydrogen (secondary N) is 2. The molecule has 2 atom stereocenters. The topological polar surface area (TPSA) is 78.5 Å². The van der Waals surface area contributed by atoms with E-state index in [4.69, 9.17) is 0 Å². The van der Waals surface area contributed by atoms with Gasteiger partial charge in [0.25, 0.3) is 0 Å². The second kappa shape index (κ2) is 8.29. The van der Waals surface area contributed by atoms with Crippen molar-refractivity contribution in [3.63, 3.8) is 0 Å². The van der Waals surface area contributed by atoms with Crippen molar-refractivity contribution >= 4 is 21.6 Å². The number of rotatable bonds is 6. The quantitative estimate of drug-likeness (QED) is 0.810. The van der Waals surface area contributed by atoms with Crippen LogP contribution in [0.3, 0.4) is 0 Å². The monoisotopic (exact) mass is 367 g/mol. The van der Waals surface area contributed by atoms with E-state index in [9.17, 15) is 13.2 Å². The number of piperidine rings is 1. The number of carbonyl (C=O) groups excluding carboxylic acids is 1. The molecule has 2 rings (SSSR count). The first-order valence-electron chi connectivity index (χ1n) is 8.88. The molecule has 0 radical (unpaired) electrons. The first-order valence-corrected chi connectivity index (χ1v) is 10.3. The summed E-state index contributed by atoms with van der Waals surface area (Å²) in [5.74, 6) is -0.150. The lowest BCUT2D eigenvalue weighted by atomic mass is 10.0. The number of carbonyl (C=O) groups is 1. The van der Waals surface area contributed by atoms with Crippen LogP contribution in [0.25, 0.3) is 0 Å². The minimum atomic E-state index is -3.52. The molecule has 6 nitrogen and oxygen atoms in total. The molecule has 0 unspecified atom stereocenters. The molecule has 1 aliphatic rings. The van der Waals surface area contributed by atoms with Gasteiger partial charge in [-0.05, 0) is 51.0 Å². The summed E-state index contributed by atoms with van der Waals surface area (Å²) >= 11 is 0. The van der Waals surface area contributed by atoms with Gasteiger partial charge in [-0.2, -0.15) is 4.31 Å². The SMILES string of the molecule is CC(C)NCC(=O)Nc1ccc(S(=O)(=O)N2[C@@H](C)CCC[C@@H]2C)cc1. The lowest BCUT2D eigenvalue weighted by Crippen LogP contribution is -2.47. The summed E-state index contributed by atoms with van der Waals surface area (Å²) in [6, 6.07) is 6.65. The van der Waals surface area contributed by atoms with Crippen LogP contribution in [0.5, 0.6) is 0 Å². The fourth-order valence-corrected chi connectivity index (χ4v) is 5.09. The van der Waals surface area contributed by atoms with E-state index in [1.165, 1.54) is 0 Å². The Morgan fingerprint density at radius 2 is 1.72 bits per heavy atom. The van der Waals surface area contributed by atoms with Gasteiger partial charge in [0, 0.05) is 23.8 Å². The number of amides is 1. The van der Waals surface area contributed by atoms with Crippen molar-refractivity contribution in [2.24, 2.45) is 0 Å². The molecule has 1 fully saturated rings. The number of benzene rings is 1. The molecular formula is C18H29N3O3S.